The zero-order chi connectivity index (χ0) is 20.8. The first kappa shape index (κ1) is 20.4. The fraction of sp³-hybridized carbons (Fsp3) is 0.318. The number of nitrogens with one attached hydrogen (secondary N) is 1. The van der Waals surface area contributed by atoms with E-state index < -0.39 is 11.8 Å². The summed E-state index contributed by atoms with van der Waals surface area (Å²) in [4.78, 5) is 37.9. The summed E-state index contributed by atoms with van der Waals surface area (Å²) in [5.41, 5.74) is 1.66. The fourth-order valence-electron chi connectivity index (χ4n) is 3.18. The molecule has 0 unspecified atom stereocenters. The number of fused-ring (bicyclic) bond motifs is 1. The molecule has 152 valence electrons. The molecule has 0 saturated carbocycles. The van der Waals surface area contributed by atoms with Crippen LogP contribution in [0.5, 0.6) is 11.5 Å². The Balaban J connectivity index is 1.54. The molecule has 2 aromatic rings. The lowest BCUT2D eigenvalue weighted by Crippen LogP contribution is -2.40. The van der Waals surface area contributed by atoms with Crippen molar-refractivity contribution in [3.05, 3.63) is 59.2 Å². The monoisotopic (exact) mass is 396 g/mol. The smallest absolute Gasteiger partial charge is 0.262 e. The van der Waals surface area contributed by atoms with Crippen LogP contribution in [0.25, 0.3) is 0 Å². The van der Waals surface area contributed by atoms with E-state index in [1.165, 1.54) is 0 Å². The molecule has 3 rings (SSSR count). The van der Waals surface area contributed by atoms with Gasteiger partial charge in [0.25, 0.3) is 11.8 Å². The molecule has 0 aliphatic carbocycles. The second-order valence-electron chi connectivity index (χ2n) is 6.49. The lowest BCUT2D eigenvalue weighted by molar-refractivity contribution is -0.121. The highest BCUT2D eigenvalue weighted by molar-refractivity contribution is 6.22. The van der Waals surface area contributed by atoms with E-state index in [0.717, 1.165) is 10.5 Å². The van der Waals surface area contributed by atoms with Crippen LogP contribution in [0.1, 0.15) is 40.1 Å². The van der Waals surface area contributed by atoms with Crippen molar-refractivity contribution < 1.29 is 23.9 Å². The molecule has 7 heteroatoms. The Labute approximate surface area is 169 Å². The highest BCUT2D eigenvalue weighted by Gasteiger charge is 2.36. The van der Waals surface area contributed by atoms with Gasteiger partial charge >= 0.3 is 0 Å². The molecular formula is C22H24N2O5. The molecule has 1 aliphatic rings. The van der Waals surface area contributed by atoms with Crippen LogP contribution in [0, 0.1) is 0 Å². The van der Waals surface area contributed by atoms with Crippen LogP contribution >= 0.6 is 0 Å². The highest BCUT2D eigenvalue weighted by Crippen LogP contribution is 2.28. The maximum absolute atomic E-state index is 12.3. The first-order valence-electron chi connectivity index (χ1n) is 9.65. The van der Waals surface area contributed by atoms with Crippen LogP contribution in [0.4, 0.5) is 0 Å². The van der Waals surface area contributed by atoms with Crippen LogP contribution < -0.4 is 14.8 Å². The lowest BCUT2D eigenvalue weighted by atomic mass is 10.1. The summed E-state index contributed by atoms with van der Waals surface area (Å²) in [7, 11) is 0. The van der Waals surface area contributed by atoms with Crippen molar-refractivity contribution in [3.63, 3.8) is 0 Å². The molecule has 29 heavy (non-hydrogen) atoms. The molecule has 2 aromatic carbocycles. The summed E-state index contributed by atoms with van der Waals surface area (Å²) in [6.45, 7) is 4.98. The minimum atomic E-state index is -0.436. The van der Waals surface area contributed by atoms with Crippen LogP contribution in [0.15, 0.2) is 42.5 Å². The maximum atomic E-state index is 12.3. The van der Waals surface area contributed by atoms with Gasteiger partial charge in [0, 0.05) is 6.54 Å². The number of hydrogen-bond donors (Lipinski definition) is 1. The normalized spacial score (nSPS) is 12.7. The standard InChI is InChI=1S/C22H24N2O5/c1-3-28-18-10-9-15(13-19(18)29-4-2)11-12-23-20(25)14-24-21(26)16-7-5-6-8-17(16)22(24)27/h5-10,13H,3-4,11-12,14H2,1-2H3,(H,23,25). The summed E-state index contributed by atoms with van der Waals surface area (Å²) in [6.07, 6.45) is 0.584. The number of hydrogen-bond acceptors (Lipinski definition) is 5. The molecule has 1 N–H and O–H groups in total. The van der Waals surface area contributed by atoms with Crippen LogP contribution in [0.3, 0.4) is 0 Å². The number of carbonyl (C=O) groups is 3. The van der Waals surface area contributed by atoms with E-state index in [0.29, 0.717) is 48.8 Å². The Morgan fingerprint density at radius 2 is 1.55 bits per heavy atom. The van der Waals surface area contributed by atoms with Gasteiger partial charge in [0.05, 0.1) is 24.3 Å². The molecule has 3 amide bonds. The van der Waals surface area contributed by atoms with Crippen molar-refractivity contribution in [1.29, 1.82) is 0 Å². The quantitative estimate of drug-likeness (QED) is 0.658. The number of benzene rings is 2. The number of carbonyl (C=O) groups excluding carboxylic acids is 3. The predicted molar refractivity (Wildman–Crippen MR) is 107 cm³/mol. The van der Waals surface area contributed by atoms with E-state index in [9.17, 15) is 14.4 Å². The lowest BCUT2D eigenvalue weighted by Gasteiger charge is -2.14. The maximum Gasteiger partial charge on any atom is 0.262 e. The highest BCUT2D eigenvalue weighted by atomic mass is 16.5. The van der Waals surface area contributed by atoms with Gasteiger partial charge in [-0.2, -0.15) is 0 Å². The number of imide groups is 1. The average Bonchev–Trinajstić information content (AvgIpc) is 2.95. The van der Waals surface area contributed by atoms with E-state index in [1.807, 2.05) is 32.0 Å². The third-order valence-corrected chi connectivity index (χ3v) is 4.52. The van der Waals surface area contributed by atoms with E-state index in [4.69, 9.17) is 9.47 Å². The van der Waals surface area contributed by atoms with Gasteiger partial charge in [0.15, 0.2) is 11.5 Å². The van der Waals surface area contributed by atoms with E-state index >= 15 is 0 Å². The van der Waals surface area contributed by atoms with Gasteiger partial charge in [-0.15, -0.1) is 0 Å². The van der Waals surface area contributed by atoms with Crippen LogP contribution in [0.2, 0.25) is 0 Å². The summed E-state index contributed by atoms with van der Waals surface area (Å²) in [6, 6.07) is 12.2. The van der Waals surface area contributed by atoms with Gasteiger partial charge < -0.3 is 14.8 Å². The molecular weight excluding hydrogens is 372 g/mol. The molecule has 0 fully saturated rings. The zero-order valence-electron chi connectivity index (χ0n) is 16.6. The number of ether oxygens (including phenoxy) is 2. The third-order valence-electron chi connectivity index (χ3n) is 4.52. The molecule has 0 bridgehead atoms. The Bertz CT molecular complexity index is 890. The summed E-state index contributed by atoms with van der Waals surface area (Å²) in [5.74, 6) is 0.106. The van der Waals surface area contributed by atoms with Gasteiger partial charge in [0.2, 0.25) is 5.91 Å². The minimum absolute atomic E-state index is 0.292. The van der Waals surface area contributed by atoms with E-state index in [1.54, 1.807) is 24.3 Å². The molecule has 0 atom stereocenters. The van der Waals surface area contributed by atoms with Crippen LogP contribution in [-0.4, -0.2) is 48.9 Å². The second-order valence-corrected chi connectivity index (χ2v) is 6.49. The predicted octanol–water partition coefficient (Wildman–Crippen LogP) is 2.44. The first-order valence-corrected chi connectivity index (χ1v) is 9.65. The molecule has 0 spiro atoms. The summed E-state index contributed by atoms with van der Waals surface area (Å²) in [5, 5.41) is 2.76. The minimum Gasteiger partial charge on any atom is -0.490 e. The third kappa shape index (κ3) is 4.56. The largest absolute Gasteiger partial charge is 0.490 e. The van der Waals surface area contributed by atoms with Crippen molar-refractivity contribution in [3.8, 4) is 11.5 Å². The van der Waals surface area contributed by atoms with Gasteiger partial charge in [-0.3, -0.25) is 19.3 Å². The van der Waals surface area contributed by atoms with Crippen molar-refractivity contribution in [1.82, 2.24) is 10.2 Å². The van der Waals surface area contributed by atoms with Gasteiger partial charge in [0.1, 0.15) is 6.54 Å². The van der Waals surface area contributed by atoms with Crippen molar-refractivity contribution in [2.75, 3.05) is 26.3 Å². The molecule has 0 radical (unpaired) electrons. The number of rotatable bonds is 9. The fourth-order valence-corrected chi connectivity index (χ4v) is 3.18. The summed E-state index contributed by atoms with van der Waals surface area (Å²) < 4.78 is 11.2. The van der Waals surface area contributed by atoms with E-state index in [-0.39, 0.29) is 12.5 Å². The molecule has 7 nitrogen and oxygen atoms in total. The average molecular weight is 396 g/mol. The SMILES string of the molecule is CCOc1ccc(CCNC(=O)CN2C(=O)c3ccccc3C2=O)cc1OCC. The number of amides is 3. The topological polar surface area (TPSA) is 84.9 Å². The Morgan fingerprint density at radius 3 is 2.17 bits per heavy atom. The van der Waals surface area contributed by atoms with Gasteiger partial charge in [-0.05, 0) is 50.1 Å². The Hall–Kier alpha value is -3.35. The number of nitrogens with zero attached hydrogens (tertiary/aromatic N) is 1. The van der Waals surface area contributed by atoms with Crippen molar-refractivity contribution in [2.24, 2.45) is 0 Å². The molecule has 0 saturated heterocycles. The second kappa shape index (κ2) is 9.23. The Kier molecular flexibility index (Phi) is 6.49. The van der Waals surface area contributed by atoms with Gasteiger partial charge in [-0.1, -0.05) is 18.2 Å². The van der Waals surface area contributed by atoms with Crippen molar-refractivity contribution in [2.45, 2.75) is 20.3 Å². The van der Waals surface area contributed by atoms with E-state index in [2.05, 4.69) is 5.32 Å². The Morgan fingerprint density at radius 1 is 0.931 bits per heavy atom. The molecule has 1 aliphatic heterocycles. The van der Waals surface area contributed by atoms with Crippen molar-refractivity contribution >= 4 is 17.7 Å². The van der Waals surface area contributed by atoms with Gasteiger partial charge in [-0.25, -0.2) is 0 Å². The molecule has 1 heterocycles. The van der Waals surface area contributed by atoms with Crippen LogP contribution in [-0.2, 0) is 11.2 Å². The summed E-state index contributed by atoms with van der Waals surface area (Å²) >= 11 is 0. The molecule has 0 aromatic heterocycles. The zero-order valence-corrected chi connectivity index (χ0v) is 16.6. The first-order chi connectivity index (χ1) is 14.0.